The topological polar surface area (TPSA) is 32.7 Å². The lowest BCUT2D eigenvalue weighted by molar-refractivity contribution is 0.195. The predicted molar refractivity (Wildman–Crippen MR) is 60.6 cm³/mol. The number of nitrogens with zero attached hydrogens (tertiary/aromatic N) is 1. The summed E-state index contributed by atoms with van der Waals surface area (Å²) in [7, 11) is 2.06. The van der Waals surface area contributed by atoms with E-state index in [1.807, 2.05) is 12.1 Å². The van der Waals surface area contributed by atoms with Gasteiger partial charge < -0.3 is 14.7 Å². The van der Waals surface area contributed by atoms with E-state index in [0.29, 0.717) is 6.42 Å². The Morgan fingerprint density at radius 2 is 2.33 bits per heavy atom. The van der Waals surface area contributed by atoms with Crippen molar-refractivity contribution in [2.24, 2.45) is 0 Å². The molecule has 1 atom stereocenters. The van der Waals surface area contributed by atoms with Crippen LogP contribution >= 0.6 is 0 Å². The van der Waals surface area contributed by atoms with Crippen LogP contribution in [0.15, 0.2) is 18.2 Å². The van der Waals surface area contributed by atoms with Crippen molar-refractivity contribution in [3.63, 3.8) is 0 Å². The number of likely N-dealkylation sites (N-methyl/N-ethyl adjacent to an activating group) is 1. The van der Waals surface area contributed by atoms with Gasteiger partial charge in [0.15, 0.2) is 0 Å². The number of aliphatic hydroxyl groups excluding tert-OH is 1. The Kier molecular flexibility index (Phi) is 2.82. The molecular formula is C12H17NO2. The fourth-order valence-electron chi connectivity index (χ4n) is 1.86. The van der Waals surface area contributed by atoms with Crippen LogP contribution in [0.3, 0.4) is 0 Å². The summed E-state index contributed by atoms with van der Waals surface area (Å²) in [4.78, 5) is 2.18. The largest absolute Gasteiger partial charge is 0.490 e. The van der Waals surface area contributed by atoms with E-state index >= 15 is 0 Å². The fourth-order valence-corrected chi connectivity index (χ4v) is 1.86. The van der Waals surface area contributed by atoms with Gasteiger partial charge in [0.25, 0.3) is 0 Å². The van der Waals surface area contributed by atoms with Gasteiger partial charge in [-0.25, -0.2) is 0 Å². The van der Waals surface area contributed by atoms with Crippen LogP contribution in [0.4, 0.5) is 5.69 Å². The van der Waals surface area contributed by atoms with Crippen LogP contribution in [0.2, 0.25) is 0 Å². The van der Waals surface area contributed by atoms with E-state index < -0.39 is 0 Å². The van der Waals surface area contributed by atoms with Gasteiger partial charge in [-0.3, -0.25) is 0 Å². The summed E-state index contributed by atoms with van der Waals surface area (Å²) in [6.45, 7) is 3.48. The number of aliphatic hydroxyl groups is 1. The molecule has 1 aliphatic heterocycles. The Labute approximate surface area is 90.3 Å². The molecule has 0 saturated heterocycles. The monoisotopic (exact) mass is 207 g/mol. The van der Waals surface area contributed by atoms with Crippen molar-refractivity contribution in [1.82, 2.24) is 0 Å². The summed E-state index contributed by atoms with van der Waals surface area (Å²) >= 11 is 0. The Morgan fingerprint density at radius 3 is 3.07 bits per heavy atom. The molecule has 1 N–H and O–H groups in total. The van der Waals surface area contributed by atoms with Gasteiger partial charge in [0.1, 0.15) is 12.4 Å². The predicted octanol–water partition coefficient (Wildman–Crippen LogP) is 1.44. The lowest BCUT2D eigenvalue weighted by atomic mass is 10.1. The number of benzene rings is 1. The van der Waals surface area contributed by atoms with Gasteiger partial charge in [0, 0.05) is 7.05 Å². The number of fused-ring (bicyclic) bond motifs is 1. The van der Waals surface area contributed by atoms with Gasteiger partial charge in [0.05, 0.1) is 18.3 Å². The van der Waals surface area contributed by atoms with Crippen LogP contribution in [-0.4, -0.2) is 31.4 Å². The standard InChI is InChI=1S/C12H17NO2/c1-9(14)7-10-3-4-12-11(8-10)13(2)5-6-15-12/h3-4,8-9,14H,5-7H2,1-2H3. The van der Waals surface area contributed by atoms with Crippen molar-refractivity contribution in [3.8, 4) is 5.75 Å². The minimum Gasteiger partial charge on any atom is -0.490 e. The zero-order valence-corrected chi connectivity index (χ0v) is 9.23. The van der Waals surface area contributed by atoms with Crippen LogP contribution in [0.5, 0.6) is 5.75 Å². The van der Waals surface area contributed by atoms with Crippen LogP contribution in [0, 0.1) is 0 Å². The first-order valence-corrected chi connectivity index (χ1v) is 5.32. The second-order valence-corrected chi connectivity index (χ2v) is 4.13. The maximum absolute atomic E-state index is 9.33. The highest BCUT2D eigenvalue weighted by Gasteiger charge is 2.15. The van der Waals surface area contributed by atoms with E-state index in [1.165, 1.54) is 0 Å². The molecule has 0 fully saturated rings. The Balaban J connectivity index is 2.27. The first-order valence-electron chi connectivity index (χ1n) is 5.32. The molecule has 1 aromatic carbocycles. The molecule has 0 spiro atoms. The molecule has 82 valence electrons. The molecule has 0 aliphatic carbocycles. The quantitative estimate of drug-likeness (QED) is 0.796. The molecule has 15 heavy (non-hydrogen) atoms. The zero-order valence-electron chi connectivity index (χ0n) is 9.23. The lowest BCUT2D eigenvalue weighted by Crippen LogP contribution is -2.28. The first kappa shape index (κ1) is 10.3. The molecule has 1 heterocycles. The van der Waals surface area contributed by atoms with E-state index in [-0.39, 0.29) is 6.10 Å². The zero-order chi connectivity index (χ0) is 10.8. The van der Waals surface area contributed by atoms with Gasteiger partial charge in [-0.05, 0) is 31.0 Å². The smallest absolute Gasteiger partial charge is 0.142 e. The third-order valence-corrected chi connectivity index (χ3v) is 2.65. The maximum atomic E-state index is 9.33. The average Bonchev–Trinajstić information content (AvgIpc) is 2.18. The molecule has 0 amide bonds. The third-order valence-electron chi connectivity index (χ3n) is 2.65. The lowest BCUT2D eigenvalue weighted by Gasteiger charge is -2.28. The number of hydrogen-bond donors (Lipinski definition) is 1. The molecule has 0 radical (unpaired) electrons. The molecule has 3 nitrogen and oxygen atoms in total. The summed E-state index contributed by atoms with van der Waals surface area (Å²) in [6, 6.07) is 6.11. The summed E-state index contributed by atoms with van der Waals surface area (Å²) in [5.41, 5.74) is 2.28. The van der Waals surface area contributed by atoms with Gasteiger partial charge >= 0.3 is 0 Å². The number of anilines is 1. The van der Waals surface area contributed by atoms with Crippen LogP contribution in [0.1, 0.15) is 12.5 Å². The van der Waals surface area contributed by atoms with E-state index in [9.17, 15) is 5.11 Å². The Hall–Kier alpha value is -1.22. The van der Waals surface area contributed by atoms with E-state index in [0.717, 1.165) is 30.2 Å². The van der Waals surface area contributed by atoms with Crippen LogP contribution < -0.4 is 9.64 Å². The highest BCUT2D eigenvalue weighted by atomic mass is 16.5. The molecule has 0 saturated carbocycles. The van der Waals surface area contributed by atoms with Gasteiger partial charge in [0.2, 0.25) is 0 Å². The number of rotatable bonds is 2. The minimum absolute atomic E-state index is 0.294. The number of hydrogen-bond acceptors (Lipinski definition) is 3. The molecule has 0 bridgehead atoms. The average molecular weight is 207 g/mol. The molecule has 1 aliphatic rings. The fraction of sp³-hybridized carbons (Fsp3) is 0.500. The van der Waals surface area contributed by atoms with E-state index in [1.54, 1.807) is 6.92 Å². The maximum Gasteiger partial charge on any atom is 0.142 e. The van der Waals surface area contributed by atoms with Crippen LogP contribution in [0.25, 0.3) is 0 Å². The van der Waals surface area contributed by atoms with E-state index in [4.69, 9.17) is 4.74 Å². The molecule has 1 aromatic rings. The first-order chi connectivity index (χ1) is 7.16. The van der Waals surface area contributed by atoms with Gasteiger partial charge in [-0.2, -0.15) is 0 Å². The summed E-state index contributed by atoms with van der Waals surface area (Å²) in [5.74, 6) is 0.943. The van der Waals surface area contributed by atoms with Crippen molar-refractivity contribution in [1.29, 1.82) is 0 Å². The molecular weight excluding hydrogens is 190 g/mol. The SMILES string of the molecule is CC(O)Cc1ccc2c(c1)N(C)CCO2. The second kappa shape index (κ2) is 4.11. The van der Waals surface area contributed by atoms with Crippen molar-refractivity contribution in [2.75, 3.05) is 25.1 Å². The van der Waals surface area contributed by atoms with E-state index in [2.05, 4.69) is 18.0 Å². The van der Waals surface area contributed by atoms with Crippen molar-refractivity contribution in [3.05, 3.63) is 23.8 Å². The second-order valence-electron chi connectivity index (χ2n) is 4.13. The third kappa shape index (κ3) is 2.23. The summed E-state index contributed by atoms with van der Waals surface area (Å²) in [5, 5.41) is 9.33. The summed E-state index contributed by atoms with van der Waals surface area (Å²) in [6.07, 6.45) is 0.402. The Morgan fingerprint density at radius 1 is 1.53 bits per heavy atom. The molecule has 0 aromatic heterocycles. The van der Waals surface area contributed by atoms with Gasteiger partial charge in [-0.1, -0.05) is 6.07 Å². The summed E-state index contributed by atoms with van der Waals surface area (Å²) < 4.78 is 5.55. The highest BCUT2D eigenvalue weighted by Crippen LogP contribution is 2.31. The Bertz CT molecular complexity index is 349. The highest BCUT2D eigenvalue weighted by molar-refractivity contribution is 5.60. The normalized spacial score (nSPS) is 16.9. The number of ether oxygens (including phenoxy) is 1. The molecule has 2 rings (SSSR count). The molecule has 3 heteroatoms. The van der Waals surface area contributed by atoms with Crippen molar-refractivity contribution >= 4 is 5.69 Å². The van der Waals surface area contributed by atoms with Crippen molar-refractivity contribution < 1.29 is 9.84 Å². The molecule has 1 unspecified atom stereocenters. The minimum atomic E-state index is -0.294. The van der Waals surface area contributed by atoms with Crippen LogP contribution in [-0.2, 0) is 6.42 Å². The van der Waals surface area contributed by atoms with Gasteiger partial charge in [-0.15, -0.1) is 0 Å². The van der Waals surface area contributed by atoms with Crippen molar-refractivity contribution in [2.45, 2.75) is 19.4 Å².